The maximum absolute atomic E-state index is 12.3. The molecule has 0 unspecified atom stereocenters. The first-order valence-corrected chi connectivity index (χ1v) is 8.75. The first-order valence-electron chi connectivity index (χ1n) is 8.75. The van der Waals surface area contributed by atoms with Gasteiger partial charge in [0.25, 0.3) is 0 Å². The Kier molecular flexibility index (Phi) is 6.02. The first-order chi connectivity index (χ1) is 13.1. The number of amides is 1. The molecule has 1 aromatic carbocycles. The van der Waals surface area contributed by atoms with Crippen LogP contribution in [0.3, 0.4) is 0 Å². The molecule has 2 aromatic rings. The SMILES string of the molecule is CCOc1ccc(-c2noc(CCC(=O)N3CCO[C@H](C(=O)O)C3)n2)cc1. The third-order valence-electron chi connectivity index (χ3n) is 4.14. The lowest BCUT2D eigenvalue weighted by Crippen LogP contribution is -2.48. The van der Waals surface area contributed by atoms with Crippen LogP contribution in [-0.2, 0) is 20.7 Å². The van der Waals surface area contributed by atoms with Crippen LogP contribution in [-0.4, -0.2) is 64.4 Å². The van der Waals surface area contributed by atoms with Gasteiger partial charge >= 0.3 is 5.97 Å². The lowest BCUT2D eigenvalue weighted by molar-refractivity contribution is -0.159. The van der Waals surface area contributed by atoms with E-state index in [-0.39, 0.29) is 31.9 Å². The van der Waals surface area contributed by atoms with E-state index in [4.69, 9.17) is 19.1 Å². The second kappa shape index (κ2) is 8.63. The Bertz CT molecular complexity index is 789. The average molecular weight is 375 g/mol. The molecule has 1 amide bonds. The summed E-state index contributed by atoms with van der Waals surface area (Å²) in [4.78, 5) is 29.1. The molecule has 9 heteroatoms. The summed E-state index contributed by atoms with van der Waals surface area (Å²) in [5, 5.41) is 12.9. The average Bonchev–Trinajstić information content (AvgIpc) is 3.16. The van der Waals surface area contributed by atoms with E-state index in [9.17, 15) is 9.59 Å². The van der Waals surface area contributed by atoms with Gasteiger partial charge in [-0.05, 0) is 31.2 Å². The van der Waals surface area contributed by atoms with Crippen molar-refractivity contribution in [2.45, 2.75) is 25.9 Å². The Hall–Kier alpha value is -2.94. The second-order valence-electron chi connectivity index (χ2n) is 6.01. The van der Waals surface area contributed by atoms with E-state index >= 15 is 0 Å². The lowest BCUT2D eigenvalue weighted by Gasteiger charge is -2.30. The molecule has 1 atom stereocenters. The van der Waals surface area contributed by atoms with Gasteiger partial charge in [-0.25, -0.2) is 4.79 Å². The fourth-order valence-corrected chi connectivity index (χ4v) is 2.74. The van der Waals surface area contributed by atoms with Crippen LogP contribution in [0.4, 0.5) is 0 Å². The van der Waals surface area contributed by atoms with Crippen LogP contribution in [0, 0.1) is 0 Å². The number of rotatable bonds is 7. The Labute approximate surface area is 155 Å². The van der Waals surface area contributed by atoms with Gasteiger partial charge in [-0.2, -0.15) is 4.98 Å². The number of hydrogen-bond acceptors (Lipinski definition) is 7. The summed E-state index contributed by atoms with van der Waals surface area (Å²) < 4.78 is 15.7. The van der Waals surface area contributed by atoms with E-state index in [1.165, 1.54) is 4.90 Å². The molecule has 0 radical (unpaired) electrons. The zero-order chi connectivity index (χ0) is 19.2. The van der Waals surface area contributed by atoms with Crippen molar-refractivity contribution in [1.82, 2.24) is 15.0 Å². The van der Waals surface area contributed by atoms with Crippen LogP contribution < -0.4 is 4.74 Å². The molecule has 1 saturated heterocycles. The summed E-state index contributed by atoms with van der Waals surface area (Å²) in [6.45, 7) is 3.15. The molecule has 3 rings (SSSR count). The number of nitrogens with zero attached hydrogens (tertiary/aromatic N) is 3. The van der Waals surface area contributed by atoms with Crippen LogP contribution in [0.1, 0.15) is 19.2 Å². The number of carboxylic acids is 1. The van der Waals surface area contributed by atoms with Crippen LogP contribution in [0.2, 0.25) is 0 Å². The molecule has 144 valence electrons. The number of ether oxygens (including phenoxy) is 2. The highest BCUT2D eigenvalue weighted by Gasteiger charge is 2.28. The zero-order valence-electron chi connectivity index (χ0n) is 15.0. The molecule has 9 nitrogen and oxygen atoms in total. The van der Waals surface area contributed by atoms with Crippen molar-refractivity contribution in [1.29, 1.82) is 0 Å². The van der Waals surface area contributed by atoms with Gasteiger partial charge in [0.05, 0.1) is 19.8 Å². The molecular formula is C18H21N3O6. The number of carbonyl (C=O) groups is 2. The number of carbonyl (C=O) groups excluding carboxylic acids is 1. The van der Waals surface area contributed by atoms with Gasteiger partial charge in [0.1, 0.15) is 5.75 Å². The summed E-state index contributed by atoms with van der Waals surface area (Å²) in [5.41, 5.74) is 0.789. The van der Waals surface area contributed by atoms with Gasteiger partial charge in [-0.1, -0.05) is 5.16 Å². The fraction of sp³-hybridized carbons (Fsp3) is 0.444. The maximum Gasteiger partial charge on any atom is 0.334 e. The lowest BCUT2D eigenvalue weighted by atomic mass is 10.2. The predicted octanol–water partition coefficient (Wildman–Crippen LogP) is 1.38. The van der Waals surface area contributed by atoms with Crippen LogP contribution in [0.15, 0.2) is 28.8 Å². The Morgan fingerprint density at radius 2 is 2.11 bits per heavy atom. The number of hydrogen-bond donors (Lipinski definition) is 1. The minimum atomic E-state index is -1.07. The molecule has 27 heavy (non-hydrogen) atoms. The third-order valence-corrected chi connectivity index (χ3v) is 4.14. The Morgan fingerprint density at radius 3 is 2.81 bits per heavy atom. The number of benzene rings is 1. The normalized spacial score (nSPS) is 16.9. The maximum atomic E-state index is 12.3. The smallest absolute Gasteiger partial charge is 0.334 e. The predicted molar refractivity (Wildman–Crippen MR) is 93.2 cm³/mol. The molecule has 1 fully saturated rings. The molecule has 0 aliphatic carbocycles. The van der Waals surface area contributed by atoms with Gasteiger partial charge in [0.2, 0.25) is 17.6 Å². The minimum absolute atomic E-state index is 0.0510. The van der Waals surface area contributed by atoms with Gasteiger partial charge in [0, 0.05) is 24.9 Å². The quantitative estimate of drug-likeness (QED) is 0.772. The fourth-order valence-electron chi connectivity index (χ4n) is 2.74. The molecule has 2 heterocycles. The summed E-state index contributed by atoms with van der Waals surface area (Å²) in [7, 11) is 0. The minimum Gasteiger partial charge on any atom is -0.494 e. The van der Waals surface area contributed by atoms with Crippen molar-refractivity contribution in [3.05, 3.63) is 30.2 Å². The number of morpholine rings is 1. The van der Waals surface area contributed by atoms with Crippen molar-refractivity contribution in [2.24, 2.45) is 0 Å². The van der Waals surface area contributed by atoms with Gasteiger partial charge in [-0.3, -0.25) is 4.79 Å². The van der Waals surface area contributed by atoms with Crippen molar-refractivity contribution >= 4 is 11.9 Å². The van der Waals surface area contributed by atoms with Gasteiger partial charge < -0.3 is 24.0 Å². The van der Waals surface area contributed by atoms with Crippen molar-refractivity contribution < 1.29 is 28.7 Å². The third kappa shape index (κ3) is 4.82. The largest absolute Gasteiger partial charge is 0.494 e. The second-order valence-corrected chi connectivity index (χ2v) is 6.01. The molecule has 1 N–H and O–H groups in total. The number of carboxylic acid groups (broad SMARTS) is 1. The van der Waals surface area contributed by atoms with E-state index in [0.29, 0.717) is 24.9 Å². The molecule has 1 aliphatic heterocycles. The first kappa shape index (κ1) is 18.8. The van der Waals surface area contributed by atoms with E-state index in [1.807, 2.05) is 31.2 Å². The highest BCUT2D eigenvalue weighted by atomic mass is 16.5. The zero-order valence-corrected chi connectivity index (χ0v) is 15.0. The highest BCUT2D eigenvalue weighted by molar-refractivity contribution is 5.78. The van der Waals surface area contributed by atoms with E-state index in [2.05, 4.69) is 10.1 Å². The molecule has 1 aliphatic rings. The molecular weight excluding hydrogens is 354 g/mol. The highest BCUT2D eigenvalue weighted by Crippen LogP contribution is 2.20. The van der Waals surface area contributed by atoms with Crippen LogP contribution in [0.25, 0.3) is 11.4 Å². The topological polar surface area (TPSA) is 115 Å². The molecule has 0 spiro atoms. The van der Waals surface area contributed by atoms with Gasteiger partial charge in [0.15, 0.2) is 6.10 Å². The van der Waals surface area contributed by atoms with Crippen molar-refractivity contribution in [2.75, 3.05) is 26.3 Å². The van der Waals surface area contributed by atoms with Crippen molar-refractivity contribution in [3.8, 4) is 17.1 Å². The summed E-state index contributed by atoms with van der Waals surface area (Å²) in [6.07, 6.45) is -0.521. The Morgan fingerprint density at radius 1 is 1.33 bits per heavy atom. The standard InChI is InChI=1S/C18H21N3O6/c1-2-25-13-5-3-12(4-6-13)17-19-15(27-20-17)7-8-16(22)21-9-10-26-14(11-21)18(23)24/h3-6,14H,2,7-11H2,1H3,(H,23,24)/t14-/m0/s1. The van der Waals surface area contributed by atoms with Crippen molar-refractivity contribution in [3.63, 3.8) is 0 Å². The summed E-state index contributed by atoms with van der Waals surface area (Å²) in [6, 6.07) is 7.33. The summed E-state index contributed by atoms with van der Waals surface area (Å²) >= 11 is 0. The van der Waals surface area contributed by atoms with Gasteiger partial charge in [-0.15, -0.1) is 0 Å². The number of aliphatic carboxylic acids is 1. The molecule has 1 aromatic heterocycles. The number of aromatic nitrogens is 2. The molecule has 0 saturated carbocycles. The van der Waals surface area contributed by atoms with E-state index in [0.717, 1.165) is 11.3 Å². The summed E-state index contributed by atoms with van der Waals surface area (Å²) in [5.74, 6) is 0.337. The Balaban J connectivity index is 1.54. The molecule has 0 bridgehead atoms. The number of aryl methyl sites for hydroxylation is 1. The van der Waals surface area contributed by atoms with Crippen LogP contribution in [0.5, 0.6) is 5.75 Å². The van der Waals surface area contributed by atoms with Crippen LogP contribution >= 0.6 is 0 Å². The van der Waals surface area contributed by atoms with E-state index in [1.54, 1.807) is 0 Å². The van der Waals surface area contributed by atoms with E-state index < -0.39 is 12.1 Å². The monoisotopic (exact) mass is 375 g/mol.